The second-order valence-electron chi connectivity index (χ2n) is 3.51. The van der Waals surface area contributed by atoms with E-state index in [9.17, 15) is 4.79 Å². The van der Waals surface area contributed by atoms with Gasteiger partial charge in [-0.05, 0) is 18.6 Å². The van der Waals surface area contributed by atoms with E-state index >= 15 is 0 Å². The number of aryl methyl sites for hydroxylation is 1. The fourth-order valence-corrected chi connectivity index (χ4v) is 1.27. The molecule has 1 rings (SSSR count). The van der Waals surface area contributed by atoms with Gasteiger partial charge in [-0.1, -0.05) is 18.2 Å². The molecule has 0 aliphatic rings. The molecule has 0 amide bonds. The molecule has 0 aromatic heterocycles. The van der Waals surface area contributed by atoms with Crippen molar-refractivity contribution in [3.05, 3.63) is 29.8 Å². The monoisotopic (exact) mass is 223 g/mol. The predicted octanol–water partition coefficient (Wildman–Crippen LogP) is 1.44. The van der Waals surface area contributed by atoms with Crippen LogP contribution in [0.15, 0.2) is 24.3 Å². The van der Waals surface area contributed by atoms with Gasteiger partial charge in [0.15, 0.2) is 0 Å². The fraction of sp³-hybridized carbons (Fsp3) is 0.417. The third kappa shape index (κ3) is 4.79. The molecule has 0 spiro atoms. The Hall–Kier alpha value is -1.55. The van der Waals surface area contributed by atoms with Gasteiger partial charge in [-0.25, -0.2) is 0 Å². The van der Waals surface area contributed by atoms with E-state index in [1.807, 2.05) is 31.2 Å². The summed E-state index contributed by atoms with van der Waals surface area (Å²) in [5, 5.41) is 11.4. The highest BCUT2D eigenvalue weighted by molar-refractivity contribution is 5.66. The molecule has 0 saturated carbocycles. The van der Waals surface area contributed by atoms with Crippen molar-refractivity contribution in [2.45, 2.75) is 13.3 Å². The van der Waals surface area contributed by atoms with E-state index in [1.165, 1.54) is 0 Å². The van der Waals surface area contributed by atoms with Crippen molar-refractivity contribution >= 4 is 5.97 Å². The molecular formula is C12H17NO3. The van der Waals surface area contributed by atoms with Gasteiger partial charge in [0, 0.05) is 13.1 Å². The Balaban J connectivity index is 2.12. The van der Waals surface area contributed by atoms with Crippen LogP contribution in [0.3, 0.4) is 0 Å². The summed E-state index contributed by atoms with van der Waals surface area (Å²) in [6, 6.07) is 7.81. The van der Waals surface area contributed by atoms with Crippen LogP contribution in [-0.2, 0) is 4.79 Å². The molecule has 88 valence electrons. The number of carboxylic acids is 1. The zero-order valence-corrected chi connectivity index (χ0v) is 9.40. The van der Waals surface area contributed by atoms with Crippen molar-refractivity contribution < 1.29 is 14.6 Å². The third-order valence-electron chi connectivity index (χ3n) is 2.15. The number of carboxylic acid groups (broad SMARTS) is 1. The van der Waals surface area contributed by atoms with Crippen molar-refractivity contribution in [3.8, 4) is 5.75 Å². The van der Waals surface area contributed by atoms with Crippen LogP contribution >= 0.6 is 0 Å². The number of hydrogen-bond acceptors (Lipinski definition) is 3. The van der Waals surface area contributed by atoms with Gasteiger partial charge in [0.05, 0.1) is 6.42 Å². The molecule has 1 aromatic rings. The van der Waals surface area contributed by atoms with Gasteiger partial charge in [0.2, 0.25) is 0 Å². The molecule has 0 aliphatic carbocycles. The quantitative estimate of drug-likeness (QED) is 0.687. The average molecular weight is 223 g/mol. The Morgan fingerprint density at radius 2 is 2.12 bits per heavy atom. The number of para-hydroxylation sites is 1. The zero-order chi connectivity index (χ0) is 11.8. The molecule has 0 unspecified atom stereocenters. The van der Waals surface area contributed by atoms with Crippen LogP contribution in [-0.4, -0.2) is 30.8 Å². The summed E-state index contributed by atoms with van der Waals surface area (Å²) in [5.74, 6) is 0.0925. The minimum Gasteiger partial charge on any atom is -0.492 e. The molecule has 0 saturated heterocycles. The predicted molar refractivity (Wildman–Crippen MR) is 61.8 cm³/mol. The van der Waals surface area contributed by atoms with E-state index in [0.717, 1.165) is 11.3 Å². The second kappa shape index (κ2) is 6.85. The normalized spacial score (nSPS) is 10.1. The average Bonchev–Trinajstić information content (AvgIpc) is 2.25. The first-order valence-corrected chi connectivity index (χ1v) is 5.31. The van der Waals surface area contributed by atoms with Crippen LogP contribution in [0.25, 0.3) is 0 Å². The van der Waals surface area contributed by atoms with E-state index < -0.39 is 5.97 Å². The number of aliphatic carboxylic acids is 1. The molecule has 4 heteroatoms. The first-order valence-electron chi connectivity index (χ1n) is 5.31. The molecule has 0 aliphatic heterocycles. The number of hydrogen-bond donors (Lipinski definition) is 2. The number of carbonyl (C=O) groups is 1. The van der Waals surface area contributed by atoms with Crippen LogP contribution < -0.4 is 10.1 Å². The van der Waals surface area contributed by atoms with E-state index in [0.29, 0.717) is 19.7 Å². The summed E-state index contributed by atoms with van der Waals surface area (Å²) < 4.78 is 5.53. The van der Waals surface area contributed by atoms with Crippen molar-refractivity contribution in [1.29, 1.82) is 0 Å². The molecule has 2 N–H and O–H groups in total. The van der Waals surface area contributed by atoms with Gasteiger partial charge in [-0.2, -0.15) is 0 Å². The minimum atomic E-state index is -0.785. The van der Waals surface area contributed by atoms with Gasteiger partial charge >= 0.3 is 5.97 Å². The summed E-state index contributed by atoms with van der Waals surface area (Å²) in [6.07, 6.45) is 0.143. The van der Waals surface area contributed by atoms with Crippen LogP contribution in [0.5, 0.6) is 5.75 Å². The lowest BCUT2D eigenvalue weighted by molar-refractivity contribution is -0.136. The van der Waals surface area contributed by atoms with E-state index in [2.05, 4.69) is 5.32 Å². The molecule has 0 fully saturated rings. The van der Waals surface area contributed by atoms with E-state index in [-0.39, 0.29) is 6.42 Å². The SMILES string of the molecule is Cc1ccccc1OCCNCCC(=O)O. The van der Waals surface area contributed by atoms with E-state index in [1.54, 1.807) is 0 Å². The van der Waals surface area contributed by atoms with Crippen LogP contribution in [0.4, 0.5) is 0 Å². The number of ether oxygens (including phenoxy) is 1. The highest BCUT2D eigenvalue weighted by atomic mass is 16.5. The minimum absolute atomic E-state index is 0.143. The Labute approximate surface area is 95.2 Å². The first-order chi connectivity index (χ1) is 7.70. The Morgan fingerprint density at radius 3 is 2.81 bits per heavy atom. The second-order valence-corrected chi connectivity index (χ2v) is 3.51. The third-order valence-corrected chi connectivity index (χ3v) is 2.15. The van der Waals surface area contributed by atoms with Crippen LogP contribution in [0.1, 0.15) is 12.0 Å². The molecule has 0 heterocycles. The molecule has 0 bridgehead atoms. The molecule has 16 heavy (non-hydrogen) atoms. The molecule has 0 radical (unpaired) electrons. The highest BCUT2D eigenvalue weighted by Crippen LogP contribution is 2.15. The zero-order valence-electron chi connectivity index (χ0n) is 9.40. The van der Waals surface area contributed by atoms with Gasteiger partial charge in [-0.15, -0.1) is 0 Å². The summed E-state index contributed by atoms with van der Waals surface area (Å²) in [4.78, 5) is 10.2. The maximum Gasteiger partial charge on any atom is 0.304 e. The lowest BCUT2D eigenvalue weighted by atomic mass is 10.2. The van der Waals surface area contributed by atoms with Crippen LogP contribution in [0.2, 0.25) is 0 Å². The van der Waals surface area contributed by atoms with Crippen molar-refractivity contribution in [2.75, 3.05) is 19.7 Å². The number of nitrogens with one attached hydrogen (secondary N) is 1. The van der Waals surface area contributed by atoms with Gasteiger partial charge in [0.25, 0.3) is 0 Å². The Bertz CT molecular complexity index is 339. The summed E-state index contributed by atoms with van der Waals surface area (Å²) in [6.45, 7) is 3.67. The summed E-state index contributed by atoms with van der Waals surface area (Å²) in [7, 11) is 0. The Kier molecular flexibility index (Phi) is 5.36. The van der Waals surface area contributed by atoms with Gasteiger partial charge in [0.1, 0.15) is 12.4 Å². The Morgan fingerprint density at radius 1 is 1.38 bits per heavy atom. The van der Waals surface area contributed by atoms with Crippen molar-refractivity contribution in [1.82, 2.24) is 5.32 Å². The van der Waals surface area contributed by atoms with Crippen molar-refractivity contribution in [2.24, 2.45) is 0 Å². The molecule has 4 nitrogen and oxygen atoms in total. The van der Waals surface area contributed by atoms with Gasteiger partial charge in [-0.3, -0.25) is 4.79 Å². The summed E-state index contributed by atoms with van der Waals surface area (Å²) >= 11 is 0. The number of rotatable bonds is 7. The smallest absolute Gasteiger partial charge is 0.304 e. The molecular weight excluding hydrogens is 206 g/mol. The van der Waals surface area contributed by atoms with E-state index in [4.69, 9.17) is 9.84 Å². The lowest BCUT2D eigenvalue weighted by Crippen LogP contribution is -2.23. The number of benzene rings is 1. The molecule has 1 aromatic carbocycles. The highest BCUT2D eigenvalue weighted by Gasteiger charge is 1.98. The van der Waals surface area contributed by atoms with Crippen LogP contribution in [0, 0.1) is 6.92 Å². The van der Waals surface area contributed by atoms with Crippen molar-refractivity contribution in [3.63, 3.8) is 0 Å². The standard InChI is InChI=1S/C12H17NO3/c1-10-4-2-3-5-11(10)16-9-8-13-7-6-12(14)15/h2-5,13H,6-9H2,1H3,(H,14,15). The van der Waals surface area contributed by atoms with Gasteiger partial charge < -0.3 is 15.2 Å². The fourth-order valence-electron chi connectivity index (χ4n) is 1.27. The molecule has 0 atom stereocenters. The lowest BCUT2D eigenvalue weighted by Gasteiger charge is -2.08. The summed E-state index contributed by atoms with van der Waals surface area (Å²) in [5.41, 5.74) is 1.10. The maximum atomic E-state index is 10.2. The topological polar surface area (TPSA) is 58.6 Å². The largest absolute Gasteiger partial charge is 0.492 e. The first kappa shape index (κ1) is 12.5. The maximum absolute atomic E-state index is 10.2.